The SMILES string of the molecule is c1ccc(-c2ccc3c(c2)B2c4ccc(-c5c6ccccc6c(-c6ccc(-c7ccccc7)c7ccccc67)c6ccccc56)cc4N(c4c(-c5ccccc5)cccc4-c4ccccc4)c4cccc(c42)N3c2c(-c3ccccc3)cccc2-c2ccccc2)cc1. The molecule has 0 bridgehead atoms. The lowest BCUT2D eigenvalue weighted by Crippen LogP contribution is -2.61. The quantitative estimate of drug-likeness (QED) is 0.0995. The first-order chi connectivity index (χ1) is 46.2. The molecule has 0 amide bonds. The van der Waals surface area contributed by atoms with Crippen LogP contribution >= 0.6 is 0 Å². The van der Waals surface area contributed by atoms with Crippen LogP contribution in [0.4, 0.5) is 34.1 Å². The Labute approximate surface area is 542 Å². The van der Waals surface area contributed by atoms with Crippen molar-refractivity contribution in [3.05, 3.63) is 358 Å². The Kier molecular flexibility index (Phi) is 13.0. The van der Waals surface area contributed by atoms with E-state index in [0.717, 1.165) is 84.2 Å². The van der Waals surface area contributed by atoms with E-state index in [1.165, 1.54) is 87.6 Å². The highest BCUT2D eigenvalue weighted by atomic mass is 15.2. The molecule has 16 aromatic carbocycles. The van der Waals surface area contributed by atoms with Gasteiger partial charge in [0.25, 0.3) is 6.71 Å². The first kappa shape index (κ1) is 53.9. The Morgan fingerprint density at radius 3 is 1.00 bits per heavy atom. The Morgan fingerprint density at radius 2 is 0.538 bits per heavy atom. The summed E-state index contributed by atoms with van der Waals surface area (Å²) in [4.78, 5) is 5.27. The fourth-order valence-electron chi connectivity index (χ4n) is 15.5. The molecule has 16 aromatic rings. The van der Waals surface area contributed by atoms with E-state index in [4.69, 9.17) is 0 Å². The minimum absolute atomic E-state index is 0.178. The maximum absolute atomic E-state index is 2.66. The molecule has 0 radical (unpaired) electrons. The third-order valence-electron chi connectivity index (χ3n) is 19.5. The molecule has 0 fully saturated rings. The second-order valence-electron chi connectivity index (χ2n) is 24.5. The van der Waals surface area contributed by atoms with E-state index >= 15 is 0 Å². The van der Waals surface area contributed by atoms with Gasteiger partial charge in [-0.15, -0.1) is 0 Å². The summed E-state index contributed by atoms with van der Waals surface area (Å²) in [6.45, 7) is -0.178. The number of hydrogen-bond donors (Lipinski definition) is 0. The van der Waals surface area contributed by atoms with Crippen LogP contribution in [-0.2, 0) is 0 Å². The van der Waals surface area contributed by atoms with Gasteiger partial charge >= 0.3 is 0 Å². The highest BCUT2D eigenvalue weighted by Gasteiger charge is 2.45. The molecule has 0 saturated carbocycles. The van der Waals surface area contributed by atoms with Crippen LogP contribution in [0, 0.1) is 0 Å². The predicted octanol–water partition coefficient (Wildman–Crippen LogP) is 22.6. The molecule has 93 heavy (non-hydrogen) atoms. The highest BCUT2D eigenvalue weighted by molar-refractivity contribution is 7.00. The van der Waals surface area contributed by atoms with Crippen molar-refractivity contribution in [1.29, 1.82) is 0 Å². The molecule has 0 aliphatic carbocycles. The van der Waals surface area contributed by atoms with Gasteiger partial charge in [0.05, 0.1) is 11.4 Å². The molecule has 0 unspecified atom stereocenters. The zero-order valence-electron chi connectivity index (χ0n) is 51.0. The lowest BCUT2D eigenvalue weighted by atomic mass is 9.33. The molecule has 0 atom stereocenters. The fraction of sp³-hybridized carbons (Fsp3) is 0. The third kappa shape index (κ3) is 8.88. The molecule has 2 nitrogen and oxygen atoms in total. The van der Waals surface area contributed by atoms with E-state index in [-0.39, 0.29) is 6.71 Å². The van der Waals surface area contributed by atoms with Gasteiger partial charge in [-0.1, -0.05) is 334 Å². The number of hydrogen-bond acceptors (Lipinski definition) is 2. The van der Waals surface area contributed by atoms with E-state index in [1.807, 2.05) is 0 Å². The van der Waals surface area contributed by atoms with Gasteiger partial charge in [0.1, 0.15) is 0 Å². The number of para-hydroxylation sites is 2. The first-order valence-electron chi connectivity index (χ1n) is 32.3. The van der Waals surface area contributed by atoms with E-state index in [2.05, 4.69) is 368 Å². The summed E-state index contributed by atoms with van der Waals surface area (Å²) in [7, 11) is 0. The van der Waals surface area contributed by atoms with Gasteiger partial charge in [-0.05, 0) is 140 Å². The molecule has 2 aliphatic rings. The summed E-state index contributed by atoms with van der Waals surface area (Å²) in [6, 6.07) is 133. The second-order valence-corrected chi connectivity index (χ2v) is 24.5. The summed E-state index contributed by atoms with van der Waals surface area (Å²) in [5.74, 6) is 0. The van der Waals surface area contributed by atoms with Crippen LogP contribution < -0.4 is 26.2 Å². The lowest BCUT2D eigenvalue weighted by molar-refractivity contribution is 1.25. The van der Waals surface area contributed by atoms with Gasteiger partial charge in [-0.25, -0.2) is 0 Å². The summed E-state index contributed by atoms with van der Waals surface area (Å²) in [5.41, 5.74) is 29.4. The Balaban J connectivity index is 0.948. The summed E-state index contributed by atoms with van der Waals surface area (Å²) in [5, 5.41) is 7.32. The van der Waals surface area contributed by atoms with Crippen molar-refractivity contribution in [1.82, 2.24) is 0 Å². The van der Waals surface area contributed by atoms with Gasteiger partial charge in [0, 0.05) is 45.0 Å². The number of nitrogens with zero attached hydrogens (tertiary/aromatic N) is 2. The largest absolute Gasteiger partial charge is 0.310 e. The van der Waals surface area contributed by atoms with Crippen LogP contribution in [0.2, 0.25) is 0 Å². The van der Waals surface area contributed by atoms with Crippen LogP contribution in [0.15, 0.2) is 358 Å². The topological polar surface area (TPSA) is 6.48 Å². The summed E-state index contributed by atoms with van der Waals surface area (Å²) in [6.07, 6.45) is 0. The standard InChI is InChI=1S/C90H59BN2/c1-7-28-60(29-8-1)66-53-57-82-81(58-66)91-80-56-52-67(86-75-42-21-23-44-77(75)87(78-45-24-22-43-76(78)86)79-55-54-68(61-30-9-2-10-31-61)73-40-19-20-41-74(73)79)59-85(80)93(90-71(64-36-15-5-16-37-64)48-26-49-72(90)65-38-17-6-18-39-65)84-51-27-50-83(88(84)91)92(82)89-69(62-32-11-3-12-33-62)46-25-47-70(89)63-34-13-4-14-35-63/h1-59H. The third-order valence-corrected chi connectivity index (χ3v) is 19.5. The van der Waals surface area contributed by atoms with E-state index in [9.17, 15) is 0 Å². The van der Waals surface area contributed by atoms with Gasteiger partial charge in [0.2, 0.25) is 0 Å². The second kappa shape index (κ2) is 22.5. The van der Waals surface area contributed by atoms with E-state index in [0.29, 0.717) is 0 Å². The molecule has 18 rings (SSSR count). The van der Waals surface area contributed by atoms with Crippen molar-refractivity contribution in [3.63, 3.8) is 0 Å². The Bertz CT molecular complexity index is 5380. The lowest BCUT2D eigenvalue weighted by Gasteiger charge is -2.45. The molecule has 0 spiro atoms. The van der Waals surface area contributed by atoms with E-state index < -0.39 is 0 Å². The maximum atomic E-state index is 2.66. The number of benzene rings is 16. The number of fused-ring (bicyclic) bond motifs is 7. The van der Waals surface area contributed by atoms with Crippen molar-refractivity contribution in [2.75, 3.05) is 9.80 Å². The molecule has 0 saturated heterocycles. The Hall–Kier alpha value is -12.0. The molecule has 0 N–H and O–H groups in total. The summed E-state index contributed by atoms with van der Waals surface area (Å²) < 4.78 is 0. The van der Waals surface area contributed by atoms with Crippen LogP contribution in [-0.4, -0.2) is 6.71 Å². The smallest absolute Gasteiger partial charge is 0.252 e. The average Bonchev–Trinajstić information content (AvgIpc) is 0.709. The molecule has 3 heteroatoms. The van der Waals surface area contributed by atoms with Gasteiger partial charge in [-0.3, -0.25) is 0 Å². The van der Waals surface area contributed by atoms with Crippen LogP contribution in [0.5, 0.6) is 0 Å². The van der Waals surface area contributed by atoms with Crippen molar-refractivity contribution in [2.45, 2.75) is 0 Å². The normalized spacial score (nSPS) is 12.2. The minimum Gasteiger partial charge on any atom is -0.310 e. The predicted molar refractivity (Wildman–Crippen MR) is 396 cm³/mol. The molecule has 0 aromatic heterocycles. The van der Waals surface area contributed by atoms with Crippen LogP contribution in [0.3, 0.4) is 0 Å². The number of anilines is 6. The summed E-state index contributed by atoms with van der Waals surface area (Å²) >= 11 is 0. The van der Waals surface area contributed by atoms with Crippen LogP contribution in [0.25, 0.3) is 121 Å². The zero-order valence-corrected chi connectivity index (χ0v) is 51.0. The van der Waals surface area contributed by atoms with Gasteiger partial charge in [0.15, 0.2) is 0 Å². The molecular weight excluding hydrogens is 1120 g/mol. The Morgan fingerprint density at radius 1 is 0.183 bits per heavy atom. The van der Waals surface area contributed by atoms with Crippen molar-refractivity contribution < 1.29 is 0 Å². The fourth-order valence-corrected chi connectivity index (χ4v) is 15.5. The van der Waals surface area contributed by atoms with E-state index in [1.54, 1.807) is 0 Å². The van der Waals surface area contributed by atoms with Crippen molar-refractivity contribution in [2.24, 2.45) is 0 Å². The van der Waals surface area contributed by atoms with Crippen molar-refractivity contribution >= 4 is 89.5 Å². The van der Waals surface area contributed by atoms with Gasteiger partial charge in [-0.2, -0.15) is 0 Å². The molecule has 2 aliphatic heterocycles. The zero-order chi connectivity index (χ0) is 61.3. The minimum atomic E-state index is -0.178. The molecule has 432 valence electrons. The van der Waals surface area contributed by atoms with Crippen LogP contribution in [0.1, 0.15) is 0 Å². The van der Waals surface area contributed by atoms with Crippen molar-refractivity contribution in [3.8, 4) is 89.0 Å². The first-order valence-corrected chi connectivity index (χ1v) is 32.3. The molecule has 2 heterocycles. The highest BCUT2D eigenvalue weighted by Crippen LogP contribution is 2.54. The molecular formula is C90H59BN2. The average molecular weight is 1180 g/mol. The monoisotopic (exact) mass is 1180 g/mol. The number of rotatable bonds is 10. The maximum Gasteiger partial charge on any atom is 0.252 e. The van der Waals surface area contributed by atoms with Gasteiger partial charge < -0.3 is 9.80 Å².